The number of carbonyl (C=O) groups is 3. The van der Waals surface area contributed by atoms with Crippen molar-refractivity contribution in [2.45, 2.75) is 20.8 Å². The molecule has 0 aromatic heterocycles. The molecule has 0 aliphatic carbocycles. The number of imide groups is 2. The summed E-state index contributed by atoms with van der Waals surface area (Å²) in [5.74, 6) is -0.445. The predicted molar refractivity (Wildman–Crippen MR) is 143 cm³/mol. The van der Waals surface area contributed by atoms with Crippen LogP contribution < -0.4 is 19.3 Å². The van der Waals surface area contributed by atoms with Crippen molar-refractivity contribution < 1.29 is 23.9 Å². The maximum Gasteiger partial charge on any atom is 0.343 e. The highest BCUT2D eigenvalue weighted by Crippen LogP contribution is 2.38. The molecule has 0 unspecified atom stereocenters. The SMILES string of the molecule is CCOc1c(Br)cc(C=C2C(=O)N(c3ccccc3C)C(=O)N(c3ccccc3C)C2=O)cc1OC. The quantitative estimate of drug-likeness (QED) is 0.276. The van der Waals surface area contributed by atoms with Gasteiger partial charge in [0.05, 0.1) is 29.6 Å². The second-order valence-corrected chi connectivity index (χ2v) is 9.02. The summed E-state index contributed by atoms with van der Waals surface area (Å²) >= 11 is 3.48. The molecule has 7 nitrogen and oxygen atoms in total. The Bertz CT molecular complexity index is 1330. The molecule has 0 radical (unpaired) electrons. The van der Waals surface area contributed by atoms with E-state index < -0.39 is 17.8 Å². The molecule has 36 heavy (non-hydrogen) atoms. The molecule has 8 heteroatoms. The fraction of sp³-hybridized carbons (Fsp3) is 0.179. The average molecular weight is 549 g/mol. The Hall–Kier alpha value is -3.91. The summed E-state index contributed by atoms with van der Waals surface area (Å²) in [4.78, 5) is 43.2. The van der Waals surface area contributed by atoms with Crippen LogP contribution in [0.25, 0.3) is 6.08 Å². The normalized spacial score (nSPS) is 13.8. The van der Waals surface area contributed by atoms with E-state index in [9.17, 15) is 14.4 Å². The monoisotopic (exact) mass is 548 g/mol. The lowest BCUT2D eigenvalue weighted by atomic mass is 10.0. The number of barbiturate groups is 1. The molecule has 1 saturated heterocycles. The third-order valence-electron chi connectivity index (χ3n) is 5.81. The van der Waals surface area contributed by atoms with E-state index in [0.717, 1.165) is 20.9 Å². The Kier molecular flexibility index (Phi) is 7.26. The maximum absolute atomic E-state index is 13.7. The zero-order chi connectivity index (χ0) is 26.0. The van der Waals surface area contributed by atoms with Crippen molar-refractivity contribution in [2.24, 2.45) is 0 Å². The van der Waals surface area contributed by atoms with Gasteiger partial charge in [0.1, 0.15) is 5.57 Å². The van der Waals surface area contributed by atoms with Gasteiger partial charge in [0.25, 0.3) is 11.8 Å². The van der Waals surface area contributed by atoms with Crippen molar-refractivity contribution >= 4 is 51.2 Å². The summed E-state index contributed by atoms with van der Waals surface area (Å²) < 4.78 is 11.7. The topological polar surface area (TPSA) is 76.2 Å². The largest absolute Gasteiger partial charge is 0.493 e. The average Bonchev–Trinajstić information content (AvgIpc) is 2.85. The Morgan fingerprint density at radius 3 is 1.86 bits per heavy atom. The van der Waals surface area contributed by atoms with Crippen LogP contribution in [0, 0.1) is 13.8 Å². The van der Waals surface area contributed by atoms with E-state index in [4.69, 9.17) is 9.47 Å². The van der Waals surface area contributed by atoms with Crippen LogP contribution in [0.15, 0.2) is 70.7 Å². The van der Waals surface area contributed by atoms with E-state index in [1.807, 2.05) is 45.0 Å². The van der Waals surface area contributed by atoms with Crippen molar-refractivity contribution in [2.75, 3.05) is 23.5 Å². The number of halogens is 1. The van der Waals surface area contributed by atoms with Crippen molar-refractivity contribution in [3.05, 3.63) is 87.4 Å². The van der Waals surface area contributed by atoms with Crippen LogP contribution in [-0.2, 0) is 9.59 Å². The summed E-state index contributed by atoms with van der Waals surface area (Å²) in [6.07, 6.45) is 1.47. The standard InChI is InChI=1S/C28H25BrN2O5/c1-5-36-25-21(29)15-19(16-24(25)35-4)14-20-26(32)30(22-12-8-6-10-17(22)2)28(34)31(27(20)33)23-13-9-7-11-18(23)3/h6-16H,5H2,1-4H3. The van der Waals surface area contributed by atoms with Gasteiger partial charge in [-0.05, 0) is 83.7 Å². The van der Waals surface area contributed by atoms with E-state index in [1.165, 1.54) is 13.2 Å². The third-order valence-corrected chi connectivity index (χ3v) is 6.40. The number of benzene rings is 3. The zero-order valence-electron chi connectivity index (χ0n) is 20.4. The smallest absolute Gasteiger partial charge is 0.343 e. The number of ether oxygens (including phenoxy) is 2. The number of urea groups is 1. The minimum atomic E-state index is -0.726. The summed E-state index contributed by atoms with van der Waals surface area (Å²) in [5, 5.41) is 0. The molecule has 184 valence electrons. The molecule has 1 fully saturated rings. The molecule has 0 bridgehead atoms. The van der Waals surface area contributed by atoms with Gasteiger partial charge in [-0.3, -0.25) is 9.59 Å². The molecule has 1 aliphatic rings. The molecule has 1 heterocycles. The van der Waals surface area contributed by atoms with Gasteiger partial charge in [0.15, 0.2) is 11.5 Å². The number of para-hydroxylation sites is 2. The number of hydrogen-bond donors (Lipinski definition) is 0. The van der Waals surface area contributed by atoms with Gasteiger partial charge < -0.3 is 9.47 Å². The summed E-state index contributed by atoms with van der Waals surface area (Å²) in [6, 6.07) is 16.8. The number of methoxy groups -OCH3 is 1. The van der Waals surface area contributed by atoms with Crippen molar-refractivity contribution in [1.82, 2.24) is 0 Å². The molecule has 3 aromatic rings. The highest BCUT2D eigenvalue weighted by atomic mass is 79.9. The van der Waals surface area contributed by atoms with Gasteiger partial charge in [-0.15, -0.1) is 0 Å². The summed E-state index contributed by atoms with van der Waals surface area (Å²) in [7, 11) is 1.51. The molecule has 0 saturated carbocycles. The first-order valence-electron chi connectivity index (χ1n) is 11.3. The Labute approximate surface area is 218 Å². The van der Waals surface area contributed by atoms with Crippen LogP contribution >= 0.6 is 15.9 Å². The van der Waals surface area contributed by atoms with Crippen LogP contribution in [0.3, 0.4) is 0 Å². The molecule has 4 amide bonds. The molecule has 3 aromatic carbocycles. The molecular formula is C28H25BrN2O5. The van der Waals surface area contributed by atoms with E-state index in [0.29, 0.717) is 39.5 Å². The van der Waals surface area contributed by atoms with Crippen LogP contribution in [-0.4, -0.2) is 31.6 Å². The highest BCUT2D eigenvalue weighted by Gasteiger charge is 2.44. The molecule has 1 aliphatic heterocycles. The van der Waals surface area contributed by atoms with Gasteiger partial charge in [-0.25, -0.2) is 14.6 Å². The minimum absolute atomic E-state index is 0.154. The second-order valence-electron chi connectivity index (χ2n) is 8.16. The van der Waals surface area contributed by atoms with Gasteiger partial charge >= 0.3 is 6.03 Å². The number of aryl methyl sites for hydroxylation is 2. The van der Waals surface area contributed by atoms with Gasteiger partial charge in [0, 0.05) is 0 Å². The first-order chi connectivity index (χ1) is 17.3. The Morgan fingerprint density at radius 2 is 1.39 bits per heavy atom. The van der Waals surface area contributed by atoms with Crippen molar-refractivity contribution in [3.8, 4) is 11.5 Å². The van der Waals surface area contributed by atoms with E-state index >= 15 is 0 Å². The lowest BCUT2D eigenvalue weighted by Crippen LogP contribution is -2.57. The zero-order valence-corrected chi connectivity index (χ0v) is 22.0. The number of hydrogen-bond acceptors (Lipinski definition) is 5. The highest BCUT2D eigenvalue weighted by molar-refractivity contribution is 9.10. The Balaban J connectivity index is 1.91. The molecule has 4 rings (SSSR count). The molecular weight excluding hydrogens is 524 g/mol. The maximum atomic E-state index is 13.7. The van der Waals surface area contributed by atoms with Crippen LogP contribution in [0.5, 0.6) is 11.5 Å². The van der Waals surface area contributed by atoms with Crippen molar-refractivity contribution in [1.29, 1.82) is 0 Å². The van der Waals surface area contributed by atoms with Crippen LogP contribution in [0.2, 0.25) is 0 Å². The van der Waals surface area contributed by atoms with Gasteiger partial charge in [-0.1, -0.05) is 36.4 Å². The Morgan fingerprint density at radius 1 is 0.861 bits per heavy atom. The molecule has 0 atom stereocenters. The van der Waals surface area contributed by atoms with E-state index in [-0.39, 0.29) is 5.57 Å². The van der Waals surface area contributed by atoms with Gasteiger partial charge in [0.2, 0.25) is 0 Å². The van der Waals surface area contributed by atoms with Crippen LogP contribution in [0.1, 0.15) is 23.6 Å². The van der Waals surface area contributed by atoms with E-state index in [2.05, 4.69) is 15.9 Å². The fourth-order valence-corrected chi connectivity index (χ4v) is 4.63. The number of amides is 4. The van der Waals surface area contributed by atoms with E-state index in [1.54, 1.807) is 36.4 Å². The lowest BCUT2D eigenvalue weighted by Gasteiger charge is -2.35. The van der Waals surface area contributed by atoms with Crippen molar-refractivity contribution in [3.63, 3.8) is 0 Å². The fourth-order valence-electron chi connectivity index (χ4n) is 4.06. The first kappa shape index (κ1) is 25.2. The van der Waals surface area contributed by atoms with Gasteiger partial charge in [-0.2, -0.15) is 0 Å². The third kappa shape index (κ3) is 4.52. The number of rotatable bonds is 6. The first-order valence-corrected chi connectivity index (χ1v) is 12.1. The predicted octanol–water partition coefficient (Wildman–Crippen LogP) is 6.06. The summed E-state index contributed by atoms with van der Waals surface area (Å²) in [6.45, 7) is 5.91. The molecule has 0 N–H and O–H groups in total. The second kappa shape index (κ2) is 10.4. The lowest BCUT2D eigenvalue weighted by molar-refractivity contribution is -0.121. The molecule has 0 spiro atoms. The minimum Gasteiger partial charge on any atom is -0.493 e. The number of anilines is 2. The summed E-state index contributed by atoms with van der Waals surface area (Å²) in [5.41, 5.74) is 2.65. The number of carbonyl (C=O) groups excluding carboxylic acids is 3. The number of nitrogens with zero attached hydrogens (tertiary/aromatic N) is 2. The van der Waals surface area contributed by atoms with Crippen LogP contribution in [0.4, 0.5) is 16.2 Å².